The van der Waals surface area contributed by atoms with Crippen LogP contribution in [0, 0.1) is 0 Å². The Morgan fingerprint density at radius 3 is 2.68 bits per heavy atom. The van der Waals surface area contributed by atoms with Gasteiger partial charge in [0.05, 0.1) is 17.9 Å². The van der Waals surface area contributed by atoms with Gasteiger partial charge < -0.3 is 9.84 Å². The van der Waals surface area contributed by atoms with Gasteiger partial charge >= 0.3 is 5.97 Å². The van der Waals surface area contributed by atoms with Crippen molar-refractivity contribution >= 4 is 5.97 Å². The van der Waals surface area contributed by atoms with Gasteiger partial charge in [-0.25, -0.2) is 4.79 Å². The molecule has 2 aromatic rings. The molecule has 1 heterocycles. The van der Waals surface area contributed by atoms with E-state index in [1.165, 1.54) is 16.9 Å². The second-order valence-electron chi connectivity index (χ2n) is 4.40. The van der Waals surface area contributed by atoms with E-state index in [9.17, 15) is 4.79 Å². The monoisotopic (exact) mass is 261 g/mol. The molecule has 1 N–H and O–H groups in total. The third-order valence-corrected chi connectivity index (χ3v) is 2.47. The molecule has 0 aliphatic carbocycles. The smallest absolute Gasteiger partial charge is 0.335 e. The van der Waals surface area contributed by atoms with E-state index in [0.29, 0.717) is 11.4 Å². The second-order valence-corrected chi connectivity index (χ2v) is 4.40. The van der Waals surface area contributed by atoms with E-state index in [2.05, 4.69) is 10.2 Å². The molecule has 1 aromatic heterocycles. The number of aromatic nitrogens is 3. The van der Waals surface area contributed by atoms with Gasteiger partial charge in [0.15, 0.2) is 0 Å². The standard InChI is InChI=1S/C13H15N3O3/c1-8(2)19-12-6-9(13(17)18)4-5-10(12)11-7-14-16(3)15-11/h4-8H,1-3H3,(H,17,18). The molecule has 0 aliphatic heterocycles. The third kappa shape index (κ3) is 2.90. The Balaban J connectivity index is 2.50. The molecule has 0 spiro atoms. The Bertz CT molecular complexity index is 605. The summed E-state index contributed by atoms with van der Waals surface area (Å²) in [5.74, 6) is -0.491. The summed E-state index contributed by atoms with van der Waals surface area (Å²) in [4.78, 5) is 12.4. The minimum Gasteiger partial charge on any atom is -0.490 e. The first-order valence-electron chi connectivity index (χ1n) is 5.88. The van der Waals surface area contributed by atoms with Crippen LogP contribution < -0.4 is 4.74 Å². The largest absolute Gasteiger partial charge is 0.490 e. The summed E-state index contributed by atoms with van der Waals surface area (Å²) in [5, 5.41) is 17.2. The number of carboxylic acid groups (broad SMARTS) is 1. The van der Waals surface area contributed by atoms with Crippen LogP contribution in [0.2, 0.25) is 0 Å². The first-order valence-corrected chi connectivity index (χ1v) is 5.88. The van der Waals surface area contributed by atoms with Crippen molar-refractivity contribution in [3.63, 3.8) is 0 Å². The van der Waals surface area contributed by atoms with Crippen molar-refractivity contribution in [3.05, 3.63) is 30.0 Å². The lowest BCUT2D eigenvalue weighted by Gasteiger charge is -2.13. The predicted octanol–water partition coefficient (Wildman–Crippen LogP) is 1.97. The van der Waals surface area contributed by atoms with Gasteiger partial charge in [0.1, 0.15) is 11.4 Å². The van der Waals surface area contributed by atoms with Crippen molar-refractivity contribution in [1.82, 2.24) is 15.0 Å². The molecular formula is C13H15N3O3. The molecule has 0 amide bonds. The highest BCUT2D eigenvalue weighted by Gasteiger charge is 2.14. The molecule has 0 fully saturated rings. The zero-order valence-electron chi connectivity index (χ0n) is 11.0. The van der Waals surface area contributed by atoms with Gasteiger partial charge in [0, 0.05) is 12.6 Å². The maximum atomic E-state index is 11.0. The quantitative estimate of drug-likeness (QED) is 0.910. The average molecular weight is 261 g/mol. The molecule has 1 aromatic carbocycles. The fourth-order valence-corrected chi connectivity index (χ4v) is 1.69. The molecule has 0 aliphatic rings. The fourth-order valence-electron chi connectivity index (χ4n) is 1.69. The lowest BCUT2D eigenvalue weighted by atomic mass is 10.1. The second kappa shape index (κ2) is 5.09. The number of carboxylic acids is 1. The first-order chi connectivity index (χ1) is 8.97. The molecule has 0 atom stereocenters. The number of aryl methyl sites for hydroxylation is 1. The average Bonchev–Trinajstić information content (AvgIpc) is 2.74. The van der Waals surface area contributed by atoms with Crippen molar-refractivity contribution in [2.24, 2.45) is 7.05 Å². The number of ether oxygens (including phenoxy) is 1. The molecule has 6 heteroatoms. The van der Waals surface area contributed by atoms with Crippen LogP contribution in [-0.2, 0) is 7.05 Å². The van der Waals surface area contributed by atoms with Crippen LogP contribution >= 0.6 is 0 Å². The zero-order valence-corrected chi connectivity index (χ0v) is 11.0. The lowest BCUT2D eigenvalue weighted by molar-refractivity contribution is 0.0696. The Morgan fingerprint density at radius 1 is 1.42 bits per heavy atom. The van der Waals surface area contributed by atoms with E-state index >= 15 is 0 Å². The number of aromatic carboxylic acids is 1. The number of hydrogen-bond donors (Lipinski definition) is 1. The van der Waals surface area contributed by atoms with Gasteiger partial charge in [-0.2, -0.15) is 15.0 Å². The number of benzene rings is 1. The molecule has 0 radical (unpaired) electrons. The fraction of sp³-hybridized carbons (Fsp3) is 0.308. The molecule has 0 saturated heterocycles. The van der Waals surface area contributed by atoms with E-state index in [1.54, 1.807) is 19.3 Å². The summed E-state index contributed by atoms with van der Waals surface area (Å²) < 4.78 is 5.66. The predicted molar refractivity (Wildman–Crippen MR) is 69.2 cm³/mol. The summed E-state index contributed by atoms with van der Waals surface area (Å²) in [6.07, 6.45) is 1.56. The van der Waals surface area contributed by atoms with Crippen LogP contribution in [0.15, 0.2) is 24.4 Å². The maximum absolute atomic E-state index is 11.0. The molecule has 6 nitrogen and oxygen atoms in total. The normalized spacial score (nSPS) is 10.7. The van der Waals surface area contributed by atoms with Gasteiger partial charge in [-0.15, -0.1) is 0 Å². The summed E-state index contributed by atoms with van der Waals surface area (Å²) in [7, 11) is 1.72. The van der Waals surface area contributed by atoms with Gasteiger partial charge in [0.25, 0.3) is 0 Å². The zero-order chi connectivity index (χ0) is 14.0. The number of nitrogens with zero attached hydrogens (tertiary/aromatic N) is 3. The highest BCUT2D eigenvalue weighted by Crippen LogP contribution is 2.30. The van der Waals surface area contributed by atoms with Crippen LogP contribution in [0.3, 0.4) is 0 Å². The number of hydrogen-bond acceptors (Lipinski definition) is 4. The molecule has 19 heavy (non-hydrogen) atoms. The Morgan fingerprint density at radius 2 is 2.16 bits per heavy atom. The van der Waals surface area contributed by atoms with Gasteiger partial charge in [-0.3, -0.25) is 0 Å². The minimum absolute atomic E-state index is 0.0560. The Kier molecular flexibility index (Phi) is 3.50. The molecule has 100 valence electrons. The minimum atomic E-state index is -0.987. The van der Waals surface area contributed by atoms with Crippen molar-refractivity contribution in [3.8, 4) is 17.0 Å². The highest BCUT2D eigenvalue weighted by molar-refractivity contribution is 5.89. The molecule has 0 bridgehead atoms. The Hall–Kier alpha value is -2.37. The van der Waals surface area contributed by atoms with Crippen molar-refractivity contribution in [1.29, 1.82) is 0 Å². The van der Waals surface area contributed by atoms with Crippen LogP contribution in [0.1, 0.15) is 24.2 Å². The van der Waals surface area contributed by atoms with Crippen LogP contribution in [-0.4, -0.2) is 32.2 Å². The lowest BCUT2D eigenvalue weighted by Crippen LogP contribution is -2.08. The van der Waals surface area contributed by atoms with E-state index in [4.69, 9.17) is 9.84 Å². The van der Waals surface area contributed by atoms with Crippen LogP contribution in [0.4, 0.5) is 0 Å². The van der Waals surface area contributed by atoms with Crippen molar-refractivity contribution in [2.75, 3.05) is 0 Å². The summed E-state index contributed by atoms with van der Waals surface area (Å²) in [5.41, 5.74) is 1.56. The van der Waals surface area contributed by atoms with Crippen LogP contribution in [0.25, 0.3) is 11.3 Å². The first kappa shape index (κ1) is 13.1. The van der Waals surface area contributed by atoms with Gasteiger partial charge in [-0.1, -0.05) is 0 Å². The van der Waals surface area contributed by atoms with E-state index in [1.807, 2.05) is 13.8 Å². The highest BCUT2D eigenvalue weighted by atomic mass is 16.5. The summed E-state index contributed by atoms with van der Waals surface area (Å²) >= 11 is 0. The topological polar surface area (TPSA) is 77.2 Å². The summed E-state index contributed by atoms with van der Waals surface area (Å²) in [6.45, 7) is 3.77. The Labute approximate surface area is 110 Å². The van der Waals surface area contributed by atoms with Crippen molar-refractivity contribution < 1.29 is 14.6 Å². The molecule has 0 unspecified atom stereocenters. The maximum Gasteiger partial charge on any atom is 0.335 e. The van der Waals surface area contributed by atoms with Crippen molar-refractivity contribution in [2.45, 2.75) is 20.0 Å². The van der Waals surface area contributed by atoms with E-state index in [0.717, 1.165) is 5.56 Å². The van der Waals surface area contributed by atoms with Crippen LogP contribution in [0.5, 0.6) is 5.75 Å². The van der Waals surface area contributed by atoms with Gasteiger partial charge in [0.2, 0.25) is 0 Å². The molecular weight excluding hydrogens is 246 g/mol. The number of carbonyl (C=O) groups is 1. The SMILES string of the molecule is CC(C)Oc1cc(C(=O)O)ccc1-c1cnn(C)n1. The number of rotatable bonds is 4. The van der Waals surface area contributed by atoms with Gasteiger partial charge in [-0.05, 0) is 32.0 Å². The third-order valence-electron chi connectivity index (χ3n) is 2.47. The molecule has 0 saturated carbocycles. The molecule has 2 rings (SSSR count). The summed E-state index contributed by atoms with van der Waals surface area (Å²) in [6, 6.07) is 4.72. The van der Waals surface area contributed by atoms with E-state index in [-0.39, 0.29) is 11.7 Å². The van der Waals surface area contributed by atoms with E-state index < -0.39 is 5.97 Å².